The van der Waals surface area contributed by atoms with E-state index in [2.05, 4.69) is 0 Å². The van der Waals surface area contributed by atoms with E-state index in [4.69, 9.17) is 10.5 Å². The van der Waals surface area contributed by atoms with Gasteiger partial charge in [-0.2, -0.15) is 0 Å². The van der Waals surface area contributed by atoms with Crippen LogP contribution in [0.1, 0.15) is 32.6 Å². The van der Waals surface area contributed by atoms with Gasteiger partial charge in [-0.15, -0.1) is 0 Å². The van der Waals surface area contributed by atoms with Gasteiger partial charge in [0.25, 0.3) is 0 Å². The number of rotatable bonds is 8. The van der Waals surface area contributed by atoms with Crippen molar-refractivity contribution in [3.05, 3.63) is 0 Å². The van der Waals surface area contributed by atoms with Gasteiger partial charge >= 0.3 is 0 Å². The Morgan fingerprint density at radius 3 is 2.75 bits per heavy atom. The molecule has 0 aromatic heterocycles. The fraction of sp³-hybridized carbons (Fsp3) is 0.917. The van der Waals surface area contributed by atoms with E-state index in [1.54, 1.807) is 0 Å². The molecule has 0 heterocycles. The number of carbonyl (C=O) groups excluding carboxylic acids is 1. The topological polar surface area (TPSA) is 55.6 Å². The second kappa shape index (κ2) is 6.86. The molecule has 0 aromatic rings. The minimum atomic E-state index is 0.196. The summed E-state index contributed by atoms with van der Waals surface area (Å²) in [5.74, 6) is 0.841. The molecule has 4 nitrogen and oxygen atoms in total. The fourth-order valence-corrected chi connectivity index (χ4v) is 1.98. The van der Waals surface area contributed by atoms with Crippen molar-refractivity contribution in [1.29, 1.82) is 0 Å². The molecule has 1 saturated carbocycles. The SMILES string of the molecule is CCOCCCC(=O)N(C)C(CN)C1CC1. The van der Waals surface area contributed by atoms with Gasteiger partial charge in [0.05, 0.1) is 0 Å². The summed E-state index contributed by atoms with van der Waals surface area (Å²) in [5.41, 5.74) is 5.71. The normalized spacial score (nSPS) is 17.2. The summed E-state index contributed by atoms with van der Waals surface area (Å²) in [7, 11) is 1.87. The Hall–Kier alpha value is -0.610. The van der Waals surface area contributed by atoms with Crippen LogP contribution >= 0.6 is 0 Å². The van der Waals surface area contributed by atoms with Crippen LogP contribution in [0.3, 0.4) is 0 Å². The summed E-state index contributed by atoms with van der Waals surface area (Å²) in [6, 6.07) is 0.250. The molecule has 0 bridgehead atoms. The zero-order valence-electron chi connectivity index (χ0n) is 10.4. The number of nitrogens with zero attached hydrogens (tertiary/aromatic N) is 1. The first-order chi connectivity index (χ1) is 7.70. The van der Waals surface area contributed by atoms with E-state index < -0.39 is 0 Å². The highest BCUT2D eigenvalue weighted by Crippen LogP contribution is 2.34. The van der Waals surface area contributed by atoms with Crippen molar-refractivity contribution in [1.82, 2.24) is 4.90 Å². The lowest BCUT2D eigenvalue weighted by molar-refractivity contribution is -0.132. The van der Waals surface area contributed by atoms with E-state index in [0.717, 1.165) is 13.0 Å². The van der Waals surface area contributed by atoms with E-state index in [9.17, 15) is 4.79 Å². The van der Waals surface area contributed by atoms with Crippen LogP contribution in [0.2, 0.25) is 0 Å². The number of hydrogen-bond donors (Lipinski definition) is 1. The molecule has 1 unspecified atom stereocenters. The van der Waals surface area contributed by atoms with Gasteiger partial charge in [0, 0.05) is 39.3 Å². The second-order valence-electron chi connectivity index (χ2n) is 4.45. The number of likely N-dealkylation sites (N-methyl/N-ethyl adjacent to an activating group) is 1. The smallest absolute Gasteiger partial charge is 0.222 e. The first-order valence-corrected chi connectivity index (χ1v) is 6.24. The molecule has 1 fully saturated rings. The molecule has 1 amide bonds. The van der Waals surface area contributed by atoms with Crippen LogP contribution in [0.15, 0.2) is 0 Å². The maximum Gasteiger partial charge on any atom is 0.222 e. The molecular formula is C12H24N2O2. The van der Waals surface area contributed by atoms with Crippen molar-refractivity contribution >= 4 is 5.91 Å². The molecule has 1 aliphatic rings. The van der Waals surface area contributed by atoms with Gasteiger partial charge in [-0.1, -0.05) is 0 Å². The van der Waals surface area contributed by atoms with Crippen LogP contribution in [0, 0.1) is 5.92 Å². The lowest BCUT2D eigenvalue weighted by atomic mass is 10.1. The highest BCUT2D eigenvalue weighted by Gasteiger charge is 2.34. The van der Waals surface area contributed by atoms with Gasteiger partial charge in [-0.25, -0.2) is 0 Å². The molecule has 0 radical (unpaired) electrons. The number of amides is 1. The minimum absolute atomic E-state index is 0.196. The van der Waals surface area contributed by atoms with E-state index in [1.165, 1.54) is 12.8 Å². The largest absolute Gasteiger partial charge is 0.382 e. The lowest BCUT2D eigenvalue weighted by Crippen LogP contribution is -2.43. The predicted molar refractivity (Wildman–Crippen MR) is 64.1 cm³/mol. The van der Waals surface area contributed by atoms with Gasteiger partial charge in [0.2, 0.25) is 5.91 Å². The van der Waals surface area contributed by atoms with Crippen molar-refractivity contribution in [3.63, 3.8) is 0 Å². The lowest BCUT2D eigenvalue weighted by Gasteiger charge is -2.27. The van der Waals surface area contributed by atoms with E-state index in [1.807, 2.05) is 18.9 Å². The molecule has 1 rings (SSSR count). The molecule has 16 heavy (non-hydrogen) atoms. The van der Waals surface area contributed by atoms with Gasteiger partial charge < -0.3 is 15.4 Å². The average molecular weight is 228 g/mol. The molecule has 4 heteroatoms. The van der Waals surface area contributed by atoms with Crippen molar-refractivity contribution < 1.29 is 9.53 Å². The van der Waals surface area contributed by atoms with Gasteiger partial charge in [-0.3, -0.25) is 4.79 Å². The van der Waals surface area contributed by atoms with Crippen LogP contribution in [0.4, 0.5) is 0 Å². The Labute approximate surface area is 98.1 Å². The molecule has 1 aliphatic carbocycles. The van der Waals surface area contributed by atoms with Crippen molar-refractivity contribution in [2.75, 3.05) is 26.8 Å². The average Bonchev–Trinajstić information content (AvgIpc) is 3.09. The predicted octanol–water partition coefficient (Wildman–Crippen LogP) is 0.999. The standard InChI is InChI=1S/C12H24N2O2/c1-3-16-8-4-5-12(15)14(2)11(9-13)10-6-7-10/h10-11H,3-9,13H2,1-2H3. The van der Waals surface area contributed by atoms with E-state index in [-0.39, 0.29) is 11.9 Å². The molecule has 1 atom stereocenters. The van der Waals surface area contributed by atoms with Crippen molar-refractivity contribution in [2.24, 2.45) is 11.7 Å². The van der Waals surface area contributed by atoms with Gasteiger partial charge in [-0.05, 0) is 32.1 Å². The summed E-state index contributed by atoms with van der Waals surface area (Å²) in [5, 5.41) is 0. The van der Waals surface area contributed by atoms with Crippen LogP contribution in [0.5, 0.6) is 0 Å². The highest BCUT2D eigenvalue weighted by atomic mass is 16.5. The van der Waals surface area contributed by atoms with Crippen LogP contribution in [-0.2, 0) is 9.53 Å². The van der Waals surface area contributed by atoms with Crippen LogP contribution in [-0.4, -0.2) is 43.7 Å². The maximum atomic E-state index is 11.9. The Kier molecular flexibility index (Phi) is 5.77. The number of hydrogen-bond acceptors (Lipinski definition) is 3. The zero-order valence-corrected chi connectivity index (χ0v) is 10.4. The molecule has 0 spiro atoms. The monoisotopic (exact) mass is 228 g/mol. The molecule has 94 valence electrons. The summed E-state index contributed by atoms with van der Waals surface area (Å²) in [6.07, 6.45) is 3.82. The Balaban J connectivity index is 2.23. The van der Waals surface area contributed by atoms with Crippen molar-refractivity contribution in [2.45, 2.75) is 38.6 Å². The quantitative estimate of drug-likeness (QED) is 0.631. The summed E-state index contributed by atoms with van der Waals surface area (Å²) < 4.78 is 5.21. The minimum Gasteiger partial charge on any atom is -0.382 e. The highest BCUT2D eigenvalue weighted by molar-refractivity contribution is 5.76. The van der Waals surface area contributed by atoms with E-state index in [0.29, 0.717) is 25.5 Å². The third-order valence-corrected chi connectivity index (χ3v) is 3.18. The first kappa shape index (κ1) is 13.5. The third-order valence-electron chi connectivity index (χ3n) is 3.18. The van der Waals surface area contributed by atoms with Gasteiger partial charge in [0.15, 0.2) is 0 Å². The molecular weight excluding hydrogens is 204 g/mol. The summed E-state index contributed by atoms with van der Waals surface area (Å²) in [6.45, 7) is 3.94. The summed E-state index contributed by atoms with van der Waals surface area (Å²) >= 11 is 0. The van der Waals surface area contributed by atoms with Gasteiger partial charge in [0.1, 0.15) is 0 Å². The summed E-state index contributed by atoms with van der Waals surface area (Å²) in [4.78, 5) is 13.7. The second-order valence-corrected chi connectivity index (χ2v) is 4.45. The Morgan fingerprint density at radius 1 is 1.56 bits per heavy atom. The molecule has 0 aliphatic heterocycles. The fourth-order valence-electron chi connectivity index (χ4n) is 1.98. The number of carbonyl (C=O) groups is 1. The molecule has 0 saturated heterocycles. The Bertz CT molecular complexity index is 217. The number of nitrogens with two attached hydrogens (primary N) is 1. The first-order valence-electron chi connectivity index (χ1n) is 6.24. The Morgan fingerprint density at radius 2 is 2.25 bits per heavy atom. The van der Waals surface area contributed by atoms with Crippen LogP contribution in [0.25, 0.3) is 0 Å². The third kappa shape index (κ3) is 4.10. The molecule has 0 aromatic carbocycles. The maximum absolute atomic E-state index is 11.9. The van der Waals surface area contributed by atoms with Crippen LogP contribution < -0.4 is 5.73 Å². The number of ether oxygens (including phenoxy) is 1. The van der Waals surface area contributed by atoms with Crippen molar-refractivity contribution in [3.8, 4) is 0 Å². The zero-order chi connectivity index (χ0) is 12.0. The molecule has 2 N–H and O–H groups in total. The van der Waals surface area contributed by atoms with E-state index >= 15 is 0 Å².